The van der Waals surface area contributed by atoms with Crippen molar-refractivity contribution in [3.8, 4) is 11.1 Å². The molecule has 0 aliphatic rings. The highest BCUT2D eigenvalue weighted by Crippen LogP contribution is 2.25. The van der Waals surface area contributed by atoms with E-state index in [1.165, 1.54) is 19.3 Å². The predicted octanol–water partition coefficient (Wildman–Crippen LogP) is 6.44. The molecule has 32 heavy (non-hydrogen) atoms. The monoisotopic (exact) mass is 436 g/mol. The SMILES string of the molecule is CCCCCCCNC(=O)N(C)c1cccc(-c2ccc(/C=C(\C)C(=O)OCC)cc2)c1. The molecule has 0 unspecified atom stereocenters. The van der Waals surface area contributed by atoms with Gasteiger partial charge < -0.3 is 10.1 Å². The van der Waals surface area contributed by atoms with E-state index in [0.29, 0.717) is 18.7 Å². The molecule has 1 N–H and O–H groups in total. The Morgan fingerprint density at radius 3 is 2.38 bits per heavy atom. The number of carbonyl (C=O) groups is 2. The van der Waals surface area contributed by atoms with Gasteiger partial charge in [0, 0.05) is 24.9 Å². The van der Waals surface area contributed by atoms with E-state index < -0.39 is 0 Å². The maximum absolute atomic E-state index is 12.5. The highest BCUT2D eigenvalue weighted by atomic mass is 16.5. The Hall–Kier alpha value is -3.08. The fourth-order valence-electron chi connectivity index (χ4n) is 3.38. The van der Waals surface area contributed by atoms with Crippen LogP contribution in [0.15, 0.2) is 54.1 Å². The van der Waals surface area contributed by atoms with Crippen molar-refractivity contribution in [2.45, 2.75) is 52.9 Å². The van der Waals surface area contributed by atoms with Crippen LogP contribution in [0, 0.1) is 0 Å². The summed E-state index contributed by atoms with van der Waals surface area (Å²) in [7, 11) is 1.79. The number of nitrogens with one attached hydrogen (secondary N) is 1. The molecule has 2 aromatic carbocycles. The van der Waals surface area contributed by atoms with Gasteiger partial charge in [0.15, 0.2) is 0 Å². The number of amides is 2. The quantitative estimate of drug-likeness (QED) is 0.251. The maximum atomic E-state index is 12.5. The average Bonchev–Trinajstić information content (AvgIpc) is 2.81. The van der Waals surface area contributed by atoms with Crippen molar-refractivity contribution in [2.75, 3.05) is 25.1 Å². The number of esters is 1. The van der Waals surface area contributed by atoms with E-state index in [-0.39, 0.29) is 12.0 Å². The smallest absolute Gasteiger partial charge is 0.333 e. The summed E-state index contributed by atoms with van der Waals surface area (Å²) < 4.78 is 5.03. The standard InChI is InChI=1S/C27H36N2O3/c1-5-7-8-9-10-18-28-27(31)29(4)25-13-11-12-24(20-25)23-16-14-22(15-17-23)19-21(3)26(30)32-6-2/h11-17,19-20H,5-10,18H2,1-4H3,(H,28,31)/b21-19+. The van der Waals surface area contributed by atoms with Gasteiger partial charge in [-0.05, 0) is 55.2 Å². The van der Waals surface area contributed by atoms with Crippen LogP contribution >= 0.6 is 0 Å². The largest absolute Gasteiger partial charge is 0.463 e. The zero-order chi connectivity index (χ0) is 23.3. The molecule has 0 aliphatic heterocycles. The van der Waals surface area contributed by atoms with Gasteiger partial charge in [0.05, 0.1) is 6.61 Å². The van der Waals surface area contributed by atoms with Gasteiger partial charge in [-0.2, -0.15) is 0 Å². The van der Waals surface area contributed by atoms with Crippen LogP contribution in [-0.2, 0) is 9.53 Å². The Morgan fingerprint density at radius 1 is 0.969 bits per heavy atom. The molecule has 0 heterocycles. The summed E-state index contributed by atoms with van der Waals surface area (Å²) in [6.45, 7) is 6.81. The van der Waals surface area contributed by atoms with Crippen LogP contribution in [0.1, 0.15) is 58.4 Å². The first kappa shape index (κ1) is 25.2. The topological polar surface area (TPSA) is 58.6 Å². The van der Waals surface area contributed by atoms with Gasteiger partial charge in [-0.15, -0.1) is 0 Å². The summed E-state index contributed by atoms with van der Waals surface area (Å²) >= 11 is 0. The summed E-state index contributed by atoms with van der Waals surface area (Å²) in [6, 6.07) is 15.8. The van der Waals surface area contributed by atoms with Crippen molar-refractivity contribution < 1.29 is 14.3 Å². The number of hydrogen-bond acceptors (Lipinski definition) is 3. The number of urea groups is 1. The van der Waals surface area contributed by atoms with Gasteiger partial charge in [0.25, 0.3) is 0 Å². The number of rotatable bonds is 11. The normalized spacial score (nSPS) is 11.2. The average molecular weight is 437 g/mol. The molecule has 0 saturated carbocycles. The molecule has 0 aromatic heterocycles. The lowest BCUT2D eigenvalue weighted by atomic mass is 10.0. The molecule has 2 amide bonds. The van der Waals surface area contributed by atoms with E-state index in [2.05, 4.69) is 12.2 Å². The third-order valence-corrected chi connectivity index (χ3v) is 5.32. The molecular weight excluding hydrogens is 400 g/mol. The van der Waals surface area contributed by atoms with Gasteiger partial charge in [0.1, 0.15) is 0 Å². The molecule has 2 rings (SSSR count). The minimum Gasteiger partial charge on any atom is -0.463 e. The molecule has 0 atom stereocenters. The first-order valence-corrected chi connectivity index (χ1v) is 11.5. The number of ether oxygens (including phenoxy) is 1. The Balaban J connectivity index is 2.00. The molecule has 5 heteroatoms. The molecule has 5 nitrogen and oxygen atoms in total. The predicted molar refractivity (Wildman–Crippen MR) is 133 cm³/mol. The molecule has 172 valence electrons. The lowest BCUT2D eigenvalue weighted by Crippen LogP contribution is -2.37. The second-order valence-corrected chi connectivity index (χ2v) is 7.93. The molecule has 0 radical (unpaired) electrons. The van der Waals surface area contributed by atoms with Gasteiger partial charge in [0.2, 0.25) is 0 Å². The number of benzene rings is 2. The first-order valence-electron chi connectivity index (χ1n) is 11.5. The molecular formula is C27H36N2O3. The minimum absolute atomic E-state index is 0.0902. The van der Waals surface area contributed by atoms with Crippen LogP contribution in [0.5, 0.6) is 0 Å². The van der Waals surface area contributed by atoms with E-state index in [1.807, 2.05) is 54.6 Å². The van der Waals surface area contributed by atoms with Crippen molar-refractivity contribution >= 4 is 23.8 Å². The highest BCUT2D eigenvalue weighted by molar-refractivity contribution is 5.93. The van der Waals surface area contributed by atoms with Gasteiger partial charge in [-0.25, -0.2) is 9.59 Å². The fraction of sp³-hybridized carbons (Fsp3) is 0.407. The minimum atomic E-state index is -0.299. The number of carbonyl (C=O) groups excluding carboxylic acids is 2. The Kier molecular flexibility index (Phi) is 10.5. The van der Waals surface area contributed by atoms with Crippen LogP contribution in [0.25, 0.3) is 17.2 Å². The van der Waals surface area contributed by atoms with E-state index >= 15 is 0 Å². The van der Waals surface area contributed by atoms with Gasteiger partial charge >= 0.3 is 12.0 Å². The Morgan fingerprint density at radius 2 is 1.69 bits per heavy atom. The summed E-state index contributed by atoms with van der Waals surface area (Å²) in [6.07, 6.45) is 7.68. The van der Waals surface area contributed by atoms with Crippen molar-refractivity contribution in [3.05, 3.63) is 59.7 Å². The van der Waals surface area contributed by atoms with Gasteiger partial charge in [-0.3, -0.25) is 4.90 Å². The highest BCUT2D eigenvalue weighted by Gasteiger charge is 2.11. The molecule has 0 bridgehead atoms. The van der Waals surface area contributed by atoms with Crippen LogP contribution in [0.2, 0.25) is 0 Å². The van der Waals surface area contributed by atoms with Crippen molar-refractivity contribution in [2.24, 2.45) is 0 Å². The van der Waals surface area contributed by atoms with Gasteiger partial charge in [-0.1, -0.05) is 69.0 Å². The van der Waals surface area contributed by atoms with E-state index in [1.54, 1.807) is 25.8 Å². The molecule has 0 fully saturated rings. The maximum Gasteiger partial charge on any atom is 0.333 e. The van der Waals surface area contributed by atoms with Crippen LogP contribution < -0.4 is 10.2 Å². The number of anilines is 1. The second kappa shape index (κ2) is 13.4. The summed E-state index contributed by atoms with van der Waals surface area (Å²) in [5, 5.41) is 3.00. The molecule has 0 saturated heterocycles. The number of unbranched alkanes of at least 4 members (excludes halogenated alkanes) is 4. The summed E-state index contributed by atoms with van der Waals surface area (Å²) in [4.78, 5) is 25.9. The van der Waals surface area contributed by atoms with E-state index in [0.717, 1.165) is 35.2 Å². The fourth-order valence-corrected chi connectivity index (χ4v) is 3.38. The molecule has 0 aliphatic carbocycles. The third kappa shape index (κ3) is 7.88. The van der Waals surface area contributed by atoms with Crippen molar-refractivity contribution in [3.63, 3.8) is 0 Å². The lowest BCUT2D eigenvalue weighted by molar-refractivity contribution is -0.138. The van der Waals surface area contributed by atoms with Crippen molar-refractivity contribution in [1.29, 1.82) is 0 Å². The summed E-state index contributed by atoms with van der Waals surface area (Å²) in [5.74, 6) is -0.299. The molecule has 2 aromatic rings. The van der Waals surface area contributed by atoms with E-state index in [9.17, 15) is 9.59 Å². The lowest BCUT2D eigenvalue weighted by Gasteiger charge is -2.19. The second-order valence-electron chi connectivity index (χ2n) is 7.93. The third-order valence-electron chi connectivity index (χ3n) is 5.32. The van der Waals surface area contributed by atoms with Crippen LogP contribution in [0.4, 0.5) is 10.5 Å². The Labute approximate surface area is 192 Å². The van der Waals surface area contributed by atoms with Crippen LogP contribution in [0.3, 0.4) is 0 Å². The first-order chi connectivity index (χ1) is 15.5. The Bertz CT molecular complexity index is 903. The molecule has 0 spiro atoms. The number of nitrogens with zero attached hydrogens (tertiary/aromatic N) is 1. The zero-order valence-corrected chi connectivity index (χ0v) is 19.8. The zero-order valence-electron chi connectivity index (χ0n) is 19.8. The van der Waals surface area contributed by atoms with Crippen LogP contribution in [-0.4, -0.2) is 32.2 Å². The number of hydrogen-bond donors (Lipinski definition) is 1. The van der Waals surface area contributed by atoms with Crippen molar-refractivity contribution in [1.82, 2.24) is 5.32 Å². The van der Waals surface area contributed by atoms with E-state index in [4.69, 9.17) is 4.74 Å². The summed E-state index contributed by atoms with van der Waals surface area (Å²) in [5.41, 5.74) is 4.42.